The molecule has 1 saturated heterocycles. The molecule has 1 atom stereocenters. The van der Waals surface area contributed by atoms with Gasteiger partial charge in [0.1, 0.15) is 6.07 Å². The van der Waals surface area contributed by atoms with Gasteiger partial charge in [-0.15, -0.1) is 0 Å². The van der Waals surface area contributed by atoms with Crippen LogP contribution in [-0.4, -0.2) is 35.6 Å². The lowest BCUT2D eigenvalue weighted by atomic mass is 10.1. The number of pyridine rings is 1. The van der Waals surface area contributed by atoms with E-state index in [9.17, 15) is 5.26 Å². The first kappa shape index (κ1) is 13.4. The Morgan fingerprint density at radius 3 is 2.90 bits per heavy atom. The summed E-state index contributed by atoms with van der Waals surface area (Å²) in [7, 11) is 0. The molecule has 1 aliphatic carbocycles. The van der Waals surface area contributed by atoms with Gasteiger partial charge in [-0.1, -0.05) is 0 Å². The molecule has 1 unspecified atom stereocenters. The Bertz CT molecular complexity index is 542. The van der Waals surface area contributed by atoms with E-state index in [0.29, 0.717) is 11.5 Å². The molecule has 20 heavy (non-hydrogen) atoms. The molecule has 3 rings (SSSR count). The summed E-state index contributed by atoms with van der Waals surface area (Å²) in [6.07, 6.45) is 4.05. The van der Waals surface area contributed by atoms with Gasteiger partial charge in [-0.05, 0) is 51.6 Å². The van der Waals surface area contributed by atoms with E-state index in [2.05, 4.69) is 21.3 Å². The Kier molecular flexibility index (Phi) is 3.62. The van der Waals surface area contributed by atoms with Gasteiger partial charge in [0.25, 0.3) is 0 Å². The summed E-state index contributed by atoms with van der Waals surface area (Å²) < 4.78 is 0. The third-order valence-corrected chi connectivity index (χ3v) is 4.40. The van der Waals surface area contributed by atoms with Crippen LogP contribution in [0.25, 0.3) is 0 Å². The third-order valence-electron chi connectivity index (χ3n) is 4.40. The van der Waals surface area contributed by atoms with Crippen LogP contribution in [0, 0.1) is 31.1 Å². The number of hydrogen-bond acceptors (Lipinski definition) is 4. The number of hydrogen-bond donors (Lipinski definition) is 1. The maximum Gasteiger partial charge on any atom is 0.103 e. The highest BCUT2D eigenvalue weighted by atomic mass is 15.2. The predicted molar refractivity (Wildman–Crippen MR) is 79.6 cm³/mol. The Morgan fingerprint density at radius 1 is 1.40 bits per heavy atom. The minimum atomic E-state index is 0.688. The van der Waals surface area contributed by atoms with Crippen molar-refractivity contribution in [1.29, 1.82) is 5.26 Å². The lowest BCUT2D eigenvalue weighted by molar-refractivity contribution is 0.316. The van der Waals surface area contributed by atoms with E-state index in [1.807, 2.05) is 19.9 Å². The fourth-order valence-corrected chi connectivity index (χ4v) is 3.16. The molecule has 2 aliphatic rings. The molecule has 1 N–H and O–H groups in total. The molecule has 2 fully saturated rings. The Morgan fingerprint density at radius 2 is 2.20 bits per heavy atom. The maximum absolute atomic E-state index is 9.27. The first-order valence-corrected chi connectivity index (χ1v) is 7.53. The summed E-state index contributed by atoms with van der Waals surface area (Å²) in [5, 5.41) is 12.7. The second-order valence-corrected chi connectivity index (χ2v) is 6.15. The quantitative estimate of drug-likeness (QED) is 0.913. The molecular weight excluding hydrogens is 248 g/mol. The fraction of sp³-hybridized carbons (Fsp3) is 0.625. The zero-order chi connectivity index (χ0) is 14.1. The molecule has 106 valence electrons. The van der Waals surface area contributed by atoms with Gasteiger partial charge in [-0.2, -0.15) is 5.26 Å². The van der Waals surface area contributed by atoms with Gasteiger partial charge >= 0.3 is 0 Å². The average molecular weight is 270 g/mol. The van der Waals surface area contributed by atoms with E-state index >= 15 is 0 Å². The van der Waals surface area contributed by atoms with Crippen LogP contribution in [0.3, 0.4) is 0 Å². The van der Waals surface area contributed by atoms with E-state index in [-0.39, 0.29) is 0 Å². The van der Waals surface area contributed by atoms with Crippen molar-refractivity contribution < 1.29 is 0 Å². The van der Waals surface area contributed by atoms with Crippen LogP contribution in [0.4, 0.5) is 5.69 Å². The summed E-state index contributed by atoms with van der Waals surface area (Å²) in [5.41, 5.74) is 3.42. The number of aryl methyl sites for hydroxylation is 2. The largest absolute Gasteiger partial charge is 0.384 e. The normalized spacial score (nSPS) is 22.8. The first-order valence-electron chi connectivity index (χ1n) is 7.53. The lowest BCUT2D eigenvalue weighted by Crippen LogP contribution is -2.25. The monoisotopic (exact) mass is 270 g/mol. The summed E-state index contributed by atoms with van der Waals surface area (Å²) in [6.45, 7) is 7.30. The van der Waals surface area contributed by atoms with Crippen molar-refractivity contribution >= 4 is 5.69 Å². The Balaban J connectivity index is 1.62. The van der Waals surface area contributed by atoms with Gasteiger partial charge in [-0.25, -0.2) is 0 Å². The van der Waals surface area contributed by atoms with E-state index in [1.165, 1.54) is 32.4 Å². The molecule has 0 spiro atoms. The van der Waals surface area contributed by atoms with Crippen LogP contribution in [-0.2, 0) is 0 Å². The lowest BCUT2D eigenvalue weighted by Gasteiger charge is -2.16. The van der Waals surface area contributed by atoms with E-state index in [4.69, 9.17) is 0 Å². The van der Waals surface area contributed by atoms with Crippen LogP contribution in [0.5, 0.6) is 0 Å². The molecule has 4 heteroatoms. The van der Waals surface area contributed by atoms with Crippen molar-refractivity contribution in [1.82, 2.24) is 9.88 Å². The van der Waals surface area contributed by atoms with Crippen molar-refractivity contribution in [3.8, 4) is 6.07 Å². The standard InChI is InChI=1S/C16H22N4/c1-11-7-16(15(8-17)12(2)19-11)18-9-13-5-6-20(10-13)14-3-4-14/h7,13-14H,3-6,9-10H2,1-2H3,(H,18,19). The molecule has 1 aliphatic heterocycles. The zero-order valence-corrected chi connectivity index (χ0v) is 12.3. The molecule has 0 bridgehead atoms. The molecule has 1 aromatic heterocycles. The number of aromatic nitrogens is 1. The first-order chi connectivity index (χ1) is 9.67. The summed E-state index contributed by atoms with van der Waals surface area (Å²) in [4.78, 5) is 6.98. The molecule has 4 nitrogen and oxygen atoms in total. The Hall–Kier alpha value is -1.60. The van der Waals surface area contributed by atoms with Gasteiger partial charge in [0.15, 0.2) is 0 Å². The third kappa shape index (κ3) is 2.78. The van der Waals surface area contributed by atoms with Crippen LogP contribution >= 0.6 is 0 Å². The number of rotatable bonds is 4. The van der Waals surface area contributed by atoms with Crippen molar-refractivity contribution in [2.24, 2.45) is 5.92 Å². The molecule has 0 radical (unpaired) electrons. The van der Waals surface area contributed by atoms with Gasteiger partial charge in [0.2, 0.25) is 0 Å². The summed E-state index contributed by atoms with van der Waals surface area (Å²) in [6, 6.07) is 5.13. The number of nitrogens with one attached hydrogen (secondary N) is 1. The van der Waals surface area contributed by atoms with Crippen LogP contribution in [0.2, 0.25) is 0 Å². The molecule has 0 aromatic carbocycles. The second kappa shape index (κ2) is 5.41. The molecule has 0 amide bonds. The van der Waals surface area contributed by atoms with Gasteiger partial charge < -0.3 is 10.2 Å². The van der Waals surface area contributed by atoms with Gasteiger partial charge in [-0.3, -0.25) is 4.98 Å². The van der Waals surface area contributed by atoms with E-state index in [1.54, 1.807) is 0 Å². The maximum atomic E-state index is 9.27. The summed E-state index contributed by atoms with van der Waals surface area (Å²) >= 11 is 0. The highest BCUT2D eigenvalue weighted by Gasteiger charge is 2.34. The minimum absolute atomic E-state index is 0.688. The van der Waals surface area contributed by atoms with Crippen molar-refractivity contribution in [2.75, 3.05) is 25.0 Å². The van der Waals surface area contributed by atoms with Gasteiger partial charge in [0.05, 0.1) is 16.9 Å². The topological polar surface area (TPSA) is 52.0 Å². The second-order valence-electron chi connectivity index (χ2n) is 6.15. The fourth-order valence-electron chi connectivity index (χ4n) is 3.16. The van der Waals surface area contributed by atoms with Crippen LogP contribution in [0.15, 0.2) is 6.07 Å². The van der Waals surface area contributed by atoms with Crippen molar-refractivity contribution in [2.45, 2.75) is 39.2 Å². The van der Waals surface area contributed by atoms with Crippen LogP contribution in [0.1, 0.15) is 36.2 Å². The minimum Gasteiger partial charge on any atom is -0.384 e. The highest BCUT2D eigenvalue weighted by Crippen LogP contribution is 2.32. The summed E-state index contributed by atoms with van der Waals surface area (Å²) in [5.74, 6) is 0.705. The number of likely N-dealkylation sites (tertiary alicyclic amines) is 1. The number of nitriles is 1. The van der Waals surface area contributed by atoms with Gasteiger partial charge in [0, 0.05) is 24.8 Å². The van der Waals surface area contributed by atoms with E-state index in [0.717, 1.165) is 29.7 Å². The van der Waals surface area contributed by atoms with Crippen LogP contribution < -0.4 is 5.32 Å². The van der Waals surface area contributed by atoms with Crippen molar-refractivity contribution in [3.05, 3.63) is 23.0 Å². The van der Waals surface area contributed by atoms with Crippen molar-refractivity contribution in [3.63, 3.8) is 0 Å². The SMILES string of the molecule is Cc1cc(NCC2CCN(C3CC3)C2)c(C#N)c(C)n1. The number of anilines is 1. The Labute approximate surface area is 120 Å². The predicted octanol–water partition coefficient (Wildman–Crippen LogP) is 2.47. The molecule has 2 heterocycles. The van der Waals surface area contributed by atoms with E-state index < -0.39 is 0 Å². The smallest absolute Gasteiger partial charge is 0.103 e. The number of nitrogens with zero attached hydrogens (tertiary/aromatic N) is 3. The molecular formula is C16H22N4. The molecule has 1 saturated carbocycles. The average Bonchev–Trinajstić information content (AvgIpc) is 3.15. The highest BCUT2D eigenvalue weighted by molar-refractivity contribution is 5.59. The zero-order valence-electron chi connectivity index (χ0n) is 12.3. The molecule has 1 aromatic rings.